The fraction of sp³-hybridized carbons (Fsp3) is 0.316. The zero-order valence-corrected chi connectivity index (χ0v) is 18.2. The maximum absolute atomic E-state index is 12.9. The molecule has 0 aliphatic rings. The van der Waals surface area contributed by atoms with Gasteiger partial charge in [0.1, 0.15) is 0 Å². The van der Waals surface area contributed by atoms with Crippen molar-refractivity contribution < 1.29 is 26.9 Å². The van der Waals surface area contributed by atoms with Crippen molar-refractivity contribution in [3.05, 3.63) is 58.1 Å². The number of amides is 1. The van der Waals surface area contributed by atoms with Crippen LogP contribution in [0.3, 0.4) is 0 Å². The van der Waals surface area contributed by atoms with Crippen LogP contribution in [0.4, 0.5) is 0 Å². The first kappa shape index (κ1) is 22.2. The van der Waals surface area contributed by atoms with Crippen molar-refractivity contribution in [2.75, 3.05) is 33.6 Å². The molecule has 0 aromatic heterocycles. The Morgan fingerprint density at radius 3 is 2.46 bits per heavy atom. The van der Waals surface area contributed by atoms with Crippen molar-refractivity contribution in [3.8, 4) is 11.5 Å². The molecular weight excluding hydrogens is 450 g/mol. The maximum Gasteiger partial charge on any atom is 0.306 e. The molecule has 152 valence electrons. The van der Waals surface area contributed by atoms with Crippen LogP contribution in [0, 0.1) is 0 Å². The molecule has 0 spiro atoms. The summed E-state index contributed by atoms with van der Waals surface area (Å²) in [6.45, 7) is 0.984. The van der Waals surface area contributed by atoms with Gasteiger partial charge in [-0.05, 0) is 35.9 Å². The minimum Gasteiger partial charge on any atom is -0.493 e. The number of methoxy groups -OCH3 is 2. The van der Waals surface area contributed by atoms with Gasteiger partial charge in [-0.3, -0.25) is 4.79 Å². The lowest BCUT2D eigenvalue weighted by Gasteiger charge is -2.23. The van der Waals surface area contributed by atoms with Gasteiger partial charge >= 0.3 is 10.1 Å². The number of carbonyl (C=O) groups excluding carboxylic acids is 1. The molecule has 0 radical (unpaired) electrons. The topological polar surface area (TPSA) is 82.1 Å². The zero-order chi connectivity index (χ0) is 20.7. The summed E-state index contributed by atoms with van der Waals surface area (Å²) in [6, 6.07) is 12.0. The third-order valence-corrected chi connectivity index (χ3v) is 4.74. The first-order valence-electron chi connectivity index (χ1n) is 8.33. The van der Waals surface area contributed by atoms with Crippen molar-refractivity contribution in [3.63, 3.8) is 0 Å². The fourth-order valence-electron chi connectivity index (χ4n) is 2.53. The van der Waals surface area contributed by atoms with E-state index in [-0.39, 0.29) is 24.0 Å². The summed E-state index contributed by atoms with van der Waals surface area (Å²) in [5, 5.41) is 0. The third-order valence-electron chi connectivity index (χ3n) is 3.77. The zero-order valence-electron chi connectivity index (χ0n) is 15.8. The second kappa shape index (κ2) is 9.90. The van der Waals surface area contributed by atoms with Gasteiger partial charge in [0, 0.05) is 30.2 Å². The normalized spacial score (nSPS) is 11.1. The number of rotatable bonds is 9. The molecule has 0 aliphatic heterocycles. The third kappa shape index (κ3) is 6.50. The Bertz CT molecular complexity index is 932. The molecule has 2 rings (SSSR count). The first-order chi connectivity index (χ1) is 13.2. The summed E-state index contributed by atoms with van der Waals surface area (Å²) in [4.78, 5) is 14.6. The number of hydrogen-bond donors (Lipinski definition) is 0. The van der Waals surface area contributed by atoms with Crippen molar-refractivity contribution in [2.45, 2.75) is 6.54 Å². The van der Waals surface area contributed by atoms with E-state index in [4.69, 9.17) is 13.7 Å². The summed E-state index contributed by atoms with van der Waals surface area (Å²) in [7, 11) is -0.734. The second-order valence-corrected chi connectivity index (χ2v) is 8.49. The van der Waals surface area contributed by atoms with Crippen LogP contribution in [0.15, 0.2) is 46.9 Å². The largest absolute Gasteiger partial charge is 0.493 e. The first-order valence-corrected chi connectivity index (χ1v) is 10.9. The molecule has 0 atom stereocenters. The molecule has 9 heteroatoms. The molecule has 0 heterocycles. The van der Waals surface area contributed by atoms with E-state index in [9.17, 15) is 13.2 Å². The number of benzene rings is 2. The van der Waals surface area contributed by atoms with Gasteiger partial charge in [0.25, 0.3) is 5.91 Å². The highest BCUT2D eigenvalue weighted by Crippen LogP contribution is 2.30. The van der Waals surface area contributed by atoms with Crippen LogP contribution in [-0.4, -0.2) is 52.9 Å². The maximum atomic E-state index is 12.9. The molecule has 0 fully saturated rings. The fourth-order valence-corrected chi connectivity index (χ4v) is 3.38. The van der Waals surface area contributed by atoms with Crippen LogP contribution in [-0.2, 0) is 21.4 Å². The highest BCUT2D eigenvalue weighted by molar-refractivity contribution is 9.10. The van der Waals surface area contributed by atoms with E-state index in [0.29, 0.717) is 24.3 Å². The van der Waals surface area contributed by atoms with Crippen LogP contribution in [0.2, 0.25) is 0 Å². The molecule has 2 aromatic carbocycles. The molecular formula is C19H22BrNO6S. The van der Waals surface area contributed by atoms with Crippen LogP contribution < -0.4 is 8.92 Å². The Kier molecular flexibility index (Phi) is 7.85. The van der Waals surface area contributed by atoms with E-state index in [2.05, 4.69) is 15.9 Å². The van der Waals surface area contributed by atoms with Gasteiger partial charge in [-0.1, -0.05) is 28.1 Å². The smallest absolute Gasteiger partial charge is 0.306 e. The SMILES string of the molecule is COCCN(Cc1ccc(OC)c(OS(C)(=O)=O)c1)C(=O)c1cccc(Br)c1. The Balaban J connectivity index is 2.31. The molecule has 0 aliphatic carbocycles. The summed E-state index contributed by atoms with van der Waals surface area (Å²) < 4.78 is 39.1. The molecule has 0 N–H and O–H groups in total. The van der Waals surface area contributed by atoms with Gasteiger partial charge in [-0.15, -0.1) is 0 Å². The van der Waals surface area contributed by atoms with Crippen molar-refractivity contribution >= 4 is 32.0 Å². The molecule has 0 saturated carbocycles. The minimum absolute atomic E-state index is 0.0732. The van der Waals surface area contributed by atoms with Crippen LogP contribution in [0.1, 0.15) is 15.9 Å². The van der Waals surface area contributed by atoms with Gasteiger partial charge in [0.15, 0.2) is 11.5 Å². The van der Waals surface area contributed by atoms with E-state index in [1.54, 1.807) is 48.4 Å². The Labute approximate surface area is 173 Å². The lowest BCUT2D eigenvalue weighted by molar-refractivity contribution is 0.0680. The number of halogens is 1. The molecule has 0 saturated heterocycles. The quantitative estimate of drug-likeness (QED) is 0.522. The van der Waals surface area contributed by atoms with E-state index in [1.807, 2.05) is 6.07 Å². The summed E-state index contributed by atoms with van der Waals surface area (Å²) in [5.74, 6) is 0.194. The molecule has 0 bridgehead atoms. The summed E-state index contributed by atoms with van der Waals surface area (Å²) in [5.41, 5.74) is 1.23. The van der Waals surface area contributed by atoms with Gasteiger partial charge in [-0.25, -0.2) is 0 Å². The number of nitrogens with zero attached hydrogens (tertiary/aromatic N) is 1. The summed E-state index contributed by atoms with van der Waals surface area (Å²) in [6.07, 6.45) is 0.959. The van der Waals surface area contributed by atoms with Crippen molar-refractivity contribution in [1.82, 2.24) is 4.90 Å². The minimum atomic E-state index is -3.72. The Morgan fingerprint density at radius 2 is 1.86 bits per heavy atom. The highest BCUT2D eigenvalue weighted by atomic mass is 79.9. The second-order valence-electron chi connectivity index (χ2n) is 6.00. The van der Waals surface area contributed by atoms with Gasteiger partial charge in [0.05, 0.1) is 20.0 Å². The van der Waals surface area contributed by atoms with Crippen LogP contribution in [0.5, 0.6) is 11.5 Å². The van der Waals surface area contributed by atoms with E-state index < -0.39 is 10.1 Å². The van der Waals surface area contributed by atoms with Crippen molar-refractivity contribution in [2.24, 2.45) is 0 Å². The van der Waals surface area contributed by atoms with E-state index in [1.165, 1.54) is 7.11 Å². The number of hydrogen-bond acceptors (Lipinski definition) is 6. The average molecular weight is 472 g/mol. The standard InChI is InChI=1S/C19H22BrNO6S/c1-25-10-9-21(19(22)15-5-4-6-16(20)12-15)13-14-7-8-17(26-2)18(11-14)27-28(3,23)24/h4-8,11-12H,9-10,13H2,1-3H3. The number of ether oxygens (including phenoxy) is 2. The number of carbonyl (C=O) groups is 1. The van der Waals surface area contributed by atoms with E-state index >= 15 is 0 Å². The monoisotopic (exact) mass is 471 g/mol. The lowest BCUT2D eigenvalue weighted by atomic mass is 10.1. The van der Waals surface area contributed by atoms with Gasteiger partial charge in [-0.2, -0.15) is 8.42 Å². The predicted octanol–water partition coefficient (Wildman–Crippen LogP) is 3.08. The molecule has 2 aromatic rings. The molecule has 28 heavy (non-hydrogen) atoms. The molecule has 7 nitrogen and oxygen atoms in total. The van der Waals surface area contributed by atoms with Crippen LogP contribution in [0.25, 0.3) is 0 Å². The highest BCUT2D eigenvalue weighted by Gasteiger charge is 2.18. The Hall–Kier alpha value is -2.10. The van der Waals surface area contributed by atoms with Crippen molar-refractivity contribution in [1.29, 1.82) is 0 Å². The summed E-state index contributed by atoms with van der Waals surface area (Å²) >= 11 is 3.37. The van der Waals surface area contributed by atoms with Crippen LogP contribution >= 0.6 is 15.9 Å². The molecule has 0 unspecified atom stereocenters. The van der Waals surface area contributed by atoms with E-state index in [0.717, 1.165) is 10.7 Å². The van der Waals surface area contributed by atoms with Gasteiger partial charge < -0.3 is 18.6 Å². The predicted molar refractivity (Wildman–Crippen MR) is 109 cm³/mol. The lowest BCUT2D eigenvalue weighted by Crippen LogP contribution is -2.33. The Morgan fingerprint density at radius 1 is 1.11 bits per heavy atom. The average Bonchev–Trinajstić information content (AvgIpc) is 2.63. The molecule has 1 amide bonds. The van der Waals surface area contributed by atoms with Gasteiger partial charge in [0.2, 0.25) is 0 Å².